The highest BCUT2D eigenvalue weighted by atomic mass is 35.5. The number of carbonyl (C=O) groups is 2. The first-order valence-corrected chi connectivity index (χ1v) is 7.96. The quantitative estimate of drug-likeness (QED) is 0.716. The summed E-state index contributed by atoms with van der Waals surface area (Å²) < 4.78 is 1.48. The van der Waals surface area contributed by atoms with E-state index in [1.54, 1.807) is 36.3 Å². The standard InChI is InChI=1S/C19H17ClN2O2/c1-13(23)22-12-17(16-10-15(20)8-9-18(16)22)19(24)21(2)11-14-6-4-3-5-7-14/h3-10,12H,11H2,1-2H3. The minimum atomic E-state index is -0.147. The molecular formula is C19H17ClN2O2. The number of nitrogens with zero attached hydrogens (tertiary/aromatic N) is 2. The Hall–Kier alpha value is -2.59. The predicted molar refractivity (Wildman–Crippen MR) is 95.5 cm³/mol. The Morgan fingerprint density at radius 2 is 1.83 bits per heavy atom. The van der Waals surface area contributed by atoms with E-state index in [2.05, 4.69) is 0 Å². The summed E-state index contributed by atoms with van der Waals surface area (Å²) in [6.45, 7) is 1.96. The Bertz CT molecular complexity index is 916. The van der Waals surface area contributed by atoms with Crippen LogP contribution in [-0.4, -0.2) is 28.3 Å². The van der Waals surface area contributed by atoms with Crippen molar-refractivity contribution in [3.05, 3.63) is 70.9 Å². The number of carbonyl (C=O) groups excluding carboxylic acids is 2. The highest BCUT2D eigenvalue weighted by Crippen LogP contribution is 2.26. The van der Waals surface area contributed by atoms with Crippen molar-refractivity contribution in [3.8, 4) is 0 Å². The molecule has 0 N–H and O–H groups in total. The van der Waals surface area contributed by atoms with Gasteiger partial charge in [-0.3, -0.25) is 14.2 Å². The number of halogens is 1. The minimum Gasteiger partial charge on any atom is -0.337 e. The molecule has 1 heterocycles. The molecule has 0 unspecified atom stereocenters. The van der Waals surface area contributed by atoms with Crippen LogP contribution >= 0.6 is 11.6 Å². The van der Waals surface area contributed by atoms with Crippen LogP contribution in [0.2, 0.25) is 5.02 Å². The molecule has 2 aromatic carbocycles. The van der Waals surface area contributed by atoms with E-state index >= 15 is 0 Å². The number of hydrogen-bond acceptors (Lipinski definition) is 2. The van der Waals surface area contributed by atoms with Crippen LogP contribution in [-0.2, 0) is 6.54 Å². The number of benzene rings is 2. The molecule has 3 rings (SSSR count). The summed E-state index contributed by atoms with van der Waals surface area (Å²) >= 11 is 6.07. The van der Waals surface area contributed by atoms with Crippen LogP contribution < -0.4 is 0 Å². The van der Waals surface area contributed by atoms with E-state index < -0.39 is 0 Å². The van der Waals surface area contributed by atoms with Gasteiger partial charge < -0.3 is 4.90 Å². The molecule has 3 aromatic rings. The van der Waals surface area contributed by atoms with Crippen LogP contribution in [0.25, 0.3) is 10.9 Å². The van der Waals surface area contributed by atoms with Crippen molar-refractivity contribution in [2.24, 2.45) is 0 Å². The van der Waals surface area contributed by atoms with Crippen molar-refractivity contribution in [1.82, 2.24) is 9.47 Å². The van der Waals surface area contributed by atoms with Gasteiger partial charge >= 0.3 is 0 Å². The maximum absolute atomic E-state index is 12.9. The summed E-state index contributed by atoms with van der Waals surface area (Å²) in [6, 6.07) is 15.0. The Balaban J connectivity index is 2.00. The van der Waals surface area contributed by atoms with Crippen LogP contribution in [0.4, 0.5) is 0 Å². The van der Waals surface area contributed by atoms with Crippen LogP contribution in [0.3, 0.4) is 0 Å². The number of fused-ring (bicyclic) bond motifs is 1. The molecule has 0 saturated carbocycles. The van der Waals surface area contributed by atoms with E-state index in [0.29, 0.717) is 28.0 Å². The normalized spacial score (nSPS) is 10.8. The molecule has 0 fully saturated rings. The first kappa shape index (κ1) is 16.3. The van der Waals surface area contributed by atoms with Crippen LogP contribution in [0.15, 0.2) is 54.7 Å². The zero-order chi connectivity index (χ0) is 17.3. The molecule has 1 aromatic heterocycles. The van der Waals surface area contributed by atoms with E-state index in [1.165, 1.54) is 11.5 Å². The molecule has 5 heteroatoms. The summed E-state index contributed by atoms with van der Waals surface area (Å²) in [7, 11) is 1.75. The lowest BCUT2D eigenvalue weighted by molar-refractivity contribution is 0.0787. The SMILES string of the molecule is CC(=O)n1cc(C(=O)N(C)Cc2ccccc2)c2cc(Cl)ccc21. The van der Waals surface area contributed by atoms with Crippen LogP contribution in [0.5, 0.6) is 0 Å². The Kier molecular flexibility index (Phi) is 4.40. The average Bonchev–Trinajstić information content (AvgIpc) is 2.93. The van der Waals surface area contributed by atoms with Gasteiger partial charge in [-0.15, -0.1) is 0 Å². The van der Waals surface area contributed by atoms with Crippen molar-refractivity contribution < 1.29 is 9.59 Å². The summed E-state index contributed by atoms with van der Waals surface area (Å²) in [6.07, 6.45) is 1.59. The van der Waals surface area contributed by atoms with Gasteiger partial charge in [0.1, 0.15) is 0 Å². The van der Waals surface area contributed by atoms with Gasteiger partial charge in [0.2, 0.25) is 5.91 Å². The van der Waals surface area contributed by atoms with Crippen molar-refractivity contribution >= 4 is 34.3 Å². The van der Waals surface area contributed by atoms with E-state index in [1.807, 2.05) is 30.3 Å². The van der Waals surface area contributed by atoms with Gasteiger partial charge in [-0.2, -0.15) is 0 Å². The van der Waals surface area contributed by atoms with E-state index in [9.17, 15) is 9.59 Å². The van der Waals surface area contributed by atoms with Gasteiger partial charge in [0.25, 0.3) is 5.91 Å². The fourth-order valence-electron chi connectivity index (χ4n) is 2.77. The molecule has 0 aliphatic carbocycles. The molecule has 0 aliphatic rings. The topological polar surface area (TPSA) is 42.3 Å². The number of aromatic nitrogens is 1. The van der Waals surface area contributed by atoms with Crippen molar-refractivity contribution in [3.63, 3.8) is 0 Å². The molecule has 0 atom stereocenters. The molecule has 0 saturated heterocycles. The third kappa shape index (κ3) is 3.05. The molecule has 0 aliphatic heterocycles. The predicted octanol–water partition coefficient (Wildman–Crippen LogP) is 4.23. The molecule has 0 bridgehead atoms. The highest BCUT2D eigenvalue weighted by molar-refractivity contribution is 6.31. The average molecular weight is 341 g/mol. The van der Waals surface area contributed by atoms with Crippen LogP contribution in [0.1, 0.15) is 27.6 Å². The fourth-order valence-corrected chi connectivity index (χ4v) is 2.94. The van der Waals surface area contributed by atoms with Gasteiger partial charge in [0.15, 0.2) is 0 Å². The second kappa shape index (κ2) is 6.49. The molecule has 0 spiro atoms. The van der Waals surface area contributed by atoms with Gasteiger partial charge in [0, 0.05) is 37.1 Å². The van der Waals surface area contributed by atoms with E-state index in [0.717, 1.165) is 5.56 Å². The second-order valence-electron chi connectivity index (χ2n) is 5.74. The molecular weight excluding hydrogens is 324 g/mol. The lowest BCUT2D eigenvalue weighted by Crippen LogP contribution is -2.26. The molecule has 122 valence electrons. The summed E-state index contributed by atoms with van der Waals surface area (Å²) in [5.41, 5.74) is 2.20. The Labute approximate surface area is 145 Å². The highest BCUT2D eigenvalue weighted by Gasteiger charge is 2.20. The van der Waals surface area contributed by atoms with Gasteiger partial charge in [-0.25, -0.2) is 0 Å². The summed E-state index contributed by atoms with van der Waals surface area (Å²) in [5.74, 6) is -0.293. The third-order valence-corrected chi connectivity index (χ3v) is 4.18. The largest absolute Gasteiger partial charge is 0.337 e. The monoisotopic (exact) mass is 340 g/mol. The van der Waals surface area contributed by atoms with E-state index in [4.69, 9.17) is 11.6 Å². The lowest BCUT2D eigenvalue weighted by Gasteiger charge is -2.17. The zero-order valence-electron chi connectivity index (χ0n) is 13.5. The van der Waals surface area contributed by atoms with Crippen molar-refractivity contribution in [2.45, 2.75) is 13.5 Å². The molecule has 0 radical (unpaired) electrons. The molecule has 1 amide bonds. The van der Waals surface area contributed by atoms with Gasteiger partial charge in [-0.1, -0.05) is 41.9 Å². The number of amides is 1. The maximum Gasteiger partial charge on any atom is 0.256 e. The number of rotatable bonds is 3. The second-order valence-corrected chi connectivity index (χ2v) is 6.18. The fraction of sp³-hybridized carbons (Fsp3) is 0.158. The summed E-state index contributed by atoms with van der Waals surface area (Å²) in [4.78, 5) is 26.3. The van der Waals surface area contributed by atoms with Crippen LogP contribution in [0, 0.1) is 0 Å². The first-order chi connectivity index (χ1) is 11.5. The third-order valence-electron chi connectivity index (χ3n) is 3.95. The Morgan fingerprint density at radius 1 is 1.12 bits per heavy atom. The lowest BCUT2D eigenvalue weighted by atomic mass is 10.1. The summed E-state index contributed by atoms with van der Waals surface area (Å²) in [5, 5.41) is 1.21. The zero-order valence-corrected chi connectivity index (χ0v) is 14.2. The maximum atomic E-state index is 12.9. The van der Waals surface area contributed by atoms with Gasteiger partial charge in [0.05, 0.1) is 11.1 Å². The van der Waals surface area contributed by atoms with Crippen molar-refractivity contribution in [2.75, 3.05) is 7.05 Å². The molecule has 24 heavy (non-hydrogen) atoms. The Morgan fingerprint density at radius 3 is 2.50 bits per heavy atom. The number of hydrogen-bond donors (Lipinski definition) is 0. The van der Waals surface area contributed by atoms with Crippen molar-refractivity contribution in [1.29, 1.82) is 0 Å². The van der Waals surface area contributed by atoms with E-state index in [-0.39, 0.29) is 11.8 Å². The minimum absolute atomic E-state index is 0.146. The van der Waals surface area contributed by atoms with Gasteiger partial charge in [-0.05, 0) is 23.8 Å². The first-order valence-electron chi connectivity index (χ1n) is 7.58. The smallest absolute Gasteiger partial charge is 0.256 e. The molecule has 4 nitrogen and oxygen atoms in total.